The number of nitrogens with zero attached hydrogens (tertiary/aromatic N) is 9. The van der Waals surface area contributed by atoms with Gasteiger partial charge in [0, 0.05) is 98.4 Å². The molecule has 1 saturated carbocycles. The number of nitrogens with two attached hydrogens (primary N) is 2. The summed E-state index contributed by atoms with van der Waals surface area (Å²) in [6, 6.07) is 10.8. The normalized spacial score (nSPS) is 13.7. The predicted octanol–water partition coefficient (Wildman–Crippen LogP) is 6.75. The molecule has 0 bridgehead atoms. The fourth-order valence-electron chi connectivity index (χ4n) is 10.7. The van der Waals surface area contributed by atoms with Crippen molar-refractivity contribution in [3.63, 3.8) is 0 Å². The van der Waals surface area contributed by atoms with Crippen molar-refractivity contribution in [3.8, 4) is 22.2 Å². The van der Waals surface area contributed by atoms with Crippen LogP contribution in [0.3, 0.4) is 0 Å². The monoisotopic (exact) mass is 1300 g/mol. The fourth-order valence-corrected chi connectivity index (χ4v) is 11.7. The van der Waals surface area contributed by atoms with Crippen molar-refractivity contribution in [2.24, 2.45) is 17.4 Å². The van der Waals surface area contributed by atoms with Gasteiger partial charge in [-0.15, -0.1) is 11.3 Å². The number of imide groups is 1. The number of primary amides is 2. The summed E-state index contributed by atoms with van der Waals surface area (Å²) in [5.74, 6) is -3.25. The highest BCUT2D eigenvalue weighted by atomic mass is 32.1. The molecule has 490 valence electrons. The first-order valence-corrected chi connectivity index (χ1v) is 31.3. The molecule has 29 heteroatoms. The second-order valence-corrected chi connectivity index (χ2v) is 24.2. The molecule has 2 atom stereocenters. The second kappa shape index (κ2) is 28.4. The molecule has 0 unspecified atom stereocenters. The van der Waals surface area contributed by atoms with Gasteiger partial charge in [-0.2, -0.15) is 0 Å². The van der Waals surface area contributed by atoms with E-state index < -0.39 is 65.4 Å². The van der Waals surface area contributed by atoms with Crippen molar-refractivity contribution in [1.29, 1.82) is 0 Å². The number of hydrogen-bond acceptors (Lipinski definition) is 19. The van der Waals surface area contributed by atoms with Gasteiger partial charge in [0.05, 0.1) is 46.0 Å². The Kier molecular flexibility index (Phi) is 19.9. The number of aromatic nitrogens is 7. The number of hydrogen-bond donors (Lipinski definition) is 6. The minimum atomic E-state index is -1.01. The van der Waals surface area contributed by atoms with Gasteiger partial charge >= 0.3 is 6.09 Å². The van der Waals surface area contributed by atoms with E-state index in [-0.39, 0.29) is 85.8 Å². The van der Waals surface area contributed by atoms with Gasteiger partial charge in [-0.1, -0.05) is 45.1 Å². The number of aryl methyl sites for hydroxylation is 3. The number of nitrogens with one attached hydrogen (secondary N) is 4. The average Bonchev–Trinajstić information content (AvgIpc) is 1.59. The molecule has 28 nitrogen and oxygen atoms in total. The smallest absolute Gasteiger partial charge is 0.409 e. The van der Waals surface area contributed by atoms with Crippen LogP contribution in [0, 0.1) is 19.8 Å². The maximum absolute atomic E-state index is 14.0. The molecule has 8 N–H and O–H groups in total. The first-order valence-electron chi connectivity index (χ1n) is 30.4. The molecule has 10 rings (SSSR count). The maximum Gasteiger partial charge on any atom is 0.409 e. The minimum Gasteiger partial charge on any atom is -0.495 e. The zero-order valence-corrected chi connectivity index (χ0v) is 53.8. The highest BCUT2D eigenvalue weighted by molar-refractivity contribution is 7.15. The third-order valence-electron chi connectivity index (χ3n) is 15.8. The molecule has 9 amide bonds. The molecular formula is C65H71N15O13S. The van der Waals surface area contributed by atoms with Gasteiger partial charge in [-0.05, 0) is 87.4 Å². The zero-order valence-electron chi connectivity index (χ0n) is 53.0. The van der Waals surface area contributed by atoms with E-state index in [4.69, 9.17) is 50.0 Å². The predicted molar refractivity (Wildman–Crippen MR) is 347 cm³/mol. The second-order valence-electron chi connectivity index (χ2n) is 23.0. The van der Waals surface area contributed by atoms with Gasteiger partial charge in [0.25, 0.3) is 17.7 Å². The Morgan fingerprint density at radius 3 is 2.19 bits per heavy atom. The maximum atomic E-state index is 14.0. The molecule has 2 aliphatic rings. The Morgan fingerprint density at radius 1 is 0.830 bits per heavy atom. The van der Waals surface area contributed by atoms with Crippen LogP contribution in [0.5, 0.6) is 11.5 Å². The number of rotatable bonds is 28. The summed E-state index contributed by atoms with van der Waals surface area (Å²) in [6.07, 6.45) is 9.69. The number of methoxy groups -OCH3 is 1. The first-order chi connectivity index (χ1) is 45.0. The number of ether oxygens (including phenoxy) is 3. The topological polar surface area (TPSA) is 375 Å². The Morgan fingerprint density at radius 2 is 1.52 bits per heavy atom. The van der Waals surface area contributed by atoms with Gasteiger partial charge < -0.3 is 60.1 Å². The summed E-state index contributed by atoms with van der Waals surface area (Å²) in [5.41, 5.74) is 16.3. The van der Waals surface area contributed by atoms with Gasteiger partial charge in [-0.25, -0.2) is 29.7 Å². The molecule has 0 spiro atoms. The van der Waals surface area contributed by atoms with E-state index in [1.54, 1.807) is 75.0 Å². The molecular weight excluding hydrogens is 1230 g/mol. The van der Waals surface area contributed by atoms with E-state index in [0.717, 1.165) is 45.5 Å². The number of carbonyl (C=O) groups is 9. The Hall–Kier alpha value is -10.8. The van der Waals surface area contributed by atoms with E-state index in [1.165, 1.54) is 42.4 Å². The van der Waals surface area contributed by atoms with E-state index in [0.29, 0.717) is 80.6 Å². The van der Waals surface area contributed by atoms with Crippen LogP contribution in [0.1, 0.15) is 118 Å². The summed E-state index contributed by atoms with van der Waals surface area (Å²) in [7, 11) is 3.07. The quantitative estimate of drug-likeness (QED) is 0.0168. The molecule has 94 heavy (non-hydrogen) atoms. The number of imidazole rings is 1. The minimum absolute atomic E-state index is 0.00860. The third kappa shape index (κ3) is 14.7. The molecule has 0 saturated heterocycles. The van der Waals surface area contributed by atoms with Crippen LogP contribution >= 0.6 is 11.3 Å². The Bertz CT molecular complexity index is 4370. The SMILES string of the molecule is CCc1nc(C)oc1C(=O)Nc1nc2cc(C(N)=O)cc(OCCCN(C)C(=O)OCc3ccc(NC(=O)[C@H](C)NC(=O)[C@@H](NC(=O)CCN4C(=O)C=CC4=O)C(C)C)cc3)c2n1C/C=C/Cn1c2nc(-c3sc(C)nc3C3CC3)ncc2c2cc(C(N)=O)cc(OC)c21. The van der Waals surface area contributed by atoms with E-state index in [1.807, 2.05) is 30.6 Å². The van der Waals surface area contributed by atoms with Gasteiger partial charge in [0.1, 0.15) is 41.4 Å². The number of anilines is 2. The lowest BCUT2D eigenvalue weighted by Gasteiger charge is -2.24. The fraction of sp³-hybridized carbons (Fsp3) is 0.354. The Labute approximate surface area is 542 Å². The van der Waals surface area contributed by atoms with Crippen LogP contribution in [-0.2, 0) is 54.8 Å². The molecule has 6 heterocycles. The lowest BCUT2D eigenvalue weighted by molar-refractivity contribution is -0.137. The summed E-state index contributed by atoms with van der Waals surface area (Å²) >= 11 is 1.54. The van der Waals surface area contributed by atoms with Crippen molar-refractivity contribution in [2.45, 2.75) is 111 Å². The van der Waals surface area contributed by atoms with Gasteiger partial charge in [0.2, 0.25) is 41.2 Å². The molecule has 5 aromatic heterocycles. The number of amides is 9. The third-order valence-corrected chi connectivity index (χ3v) is 16.7. The number of benzene rings is 3. The summed E-state index contributed by atoms with van der Waals surface area (Å²) in [6.45, 7) is 10.7. The molecule has 0 radical (unpaired) electrons. The van der Waals surface area contributed by atoms with E-state index >= 15 is 0 Å². The highest BCUT2D eigenvalue weighted by Gasteiger charge is 2.33. The van der Waals surface area contributed by atoms with Crippen LogP contribution in [-0.4, -0.2) is 143 Å². The molecule has 1 fully saturated rings. The lowest BCUT2D eigenvalue weighted by atomic mass is 10.0. The highest BCUT2D eigenvalue weighted by Crippen LogP contribution is 2.46. The number of carbonyl (C=O) groups excluding carboxylic acids is 9. The lowest BCUT2D eigenvalue weighted by Crippen LogP contribution is -2.54. The number of fused-ring (bicyclic) bond motifs is 4. The molecule has 1 aliphatic heterocycles. The molecule has 8 aromatic rings. The van der Waals surface area contributed by atoms with E-state index in [2.05, 4.69) is 26.3 Å². The summed E-state index contributed by atoms with van der Waals surface area (Å²) in [5, 5.41) is 13.1. The largest absolute Gasteiger partial charge is 0.495 e. The average molecular weight is 1300 g/mol. The van der Waals surface area contributed by atoms with Crippen molar-refractivity contribution < 1.29 is 61.8 Å². The summed E-state index contributed by atoms with van der Waals surface area (Å²) in [4.78, 5) is 143. The van der Waals surface area contributed by atoms with Crippen molar-refractivity contribution in [2.75, 3.05) is 44.5 Å². The molecule has 3 aromatic carbocycles. The zero-order chi connectivity index (χ0) is 67.2. The van der Waals surface area contributed by atoms with Gasteiger partial charge in [-0.3, -0.25) is 48.6 Å². The van der Waals surface area contributed by atoms with Crippen LogP contribution in [0.25, 0.3) is 43.7 Å². The Balaban J connectivity index is 0.805. The standard InChI is InChI=1S/C65H71N15O13S/c1-9-44-55(93-35(5)70-44)63(88)76-64-73-45-28-40(58(67)85)30-47(54(45)80(64)24-11-10-23-79-53-42(27-39(57(66)84)29-46(53)90-8)43-31-68-59(75-60(43)79)56-52(38-15-16-38)71-36(6)94-56)91-26-12-22-77(7)65(89)92-32-37-13-17-41(18-14-37)72-61(86)34(4)69-62(87)51(33(2)3)74-48(81)21-25-78-49(82)19-20-50(78)83/h10-11,13-14,17-20,27-31,33-34,38,51H,9,12,15-16,21-26,32H2,1-8H3,(H2,66,84)(H2,67,85)(H,69,87)(H,72,86)(H,74,81)(H,73,76,88)/b11-10+/t34-,51-/m0/s1. The van der Waals surface area contributed by atoms with Crippen molar-refractivity contribution in [1.82, 2.24) is 54.5 Å². The van der Waals surface area contributed by atoms with Crippen LogP contribution < -0.4 is 42.2 Å². The van der Waals surface area contributed by atoms with Crippen LogP contribution in [0.4, 0.5) is 16.4 Å². The van der Waals surface area contributed by atoms with Crippen molar-refractivity contribution in [3.05, 3.63) is 124 Å². The van der Waals surface area contributed by atoms with Crippen LogP contribution in [0.2, 0.25) is 0 Å². The number of oxazole rings is 1. The number of thiazole rings is 1. The van der Waals surface area contributed by atoms with Gasteiger partial charge in [0.15, 0.2) is 11.7 Å². The van der Waals surface area contributed by atoms with E-state index in [9.17, 15) is 43.2 Å². The van der Waals surface area contributed by atoms with Crippen molar-refractivity contribution >= 4 is 109 Å². The summed E-state index contributed by atoms with van der Waals surface area (Å²) < 4.78 is 27.3. The molecule has 1 aliphatic carbocycles. The number of allylic oxidation sites excluding steroid dienone is 2. The first kappa shape index (κ1) is 66.1. The van der Waals surface area contributed by atoms with Crippen LogP contribution in [0.15, 0.2) is 83.4 Å².